The fourth-order valence-corrected chi connectivity index (χ4v) is 2.03. The molecule has 3 rings (SSSR count). The van der Waals surface area contributed by atoms with E-state index in [1.165, 1.54) is 23.9 Å². The summed E-state index contributed by atoms with van der Waals surface area (Å²) in [4.78, 5) is 29.4. The van der Waals surface area contributed by atoms with Gasteiger partial charge in [0.1, 0.15) is 5.69 Å². The fourth-order valence-electron chi connectivity index (χ4n) is 2.03. The SMILES string of the molecule is CN(Cc1cc(C2CC2)n[nH]1)C(=O)c1c[nH]c(=O)[nH]1. The zero-order chi connectivity index (χ0) is 13.4. The maximum Gasteiger partial charge on any atom is 0.323 e. The topological polar surface area (TPSA) is 97.6 Å². The maximum absolute atomic E-state index is 12.0. The second kappa shape index (κ2) is 4.42. The van der Waals surface area contributed by atoms with Gasteiger partial charge in [-0.1, -0.05) is 0 Å². The number of nitrogens with zero attached hydrogens (tertiary/aromatic N) is 2. The molecule has 0 saturated heterocycles. The van der Waals surface area contributed by atoms with Crippen LogP contribution >= 0.6 is 0 Å². The highest BCUT2D eigenvalue weighted by molar-refractivity contribution is 5.91. The molecule has 0 spiro atoms. The van der Waals surface area contributed by atoms with Crippen molar-refractivity contribution in [3.63, 3.8) is 0 Å². The molecule has 1 aliphatic carbocycles. The number of carbonyl (C=O) groups excluding carboxylic acids is 1. The van der Waals surface area contributed by atoms with Crippen LogP contribution in [-0.4, -0.2) is 38.0 Å². The van der Waals surface area contributed by atoms with Crippen molar-refractivity contribution in [2.24, 2.45) is 0 Å². The molecule has 1 amide bonds. The minimum absolute atomic E-state index is 0.235. The number of H-pyrrole nitrogens is 3. The molecule has 0 bridgehead atoms. The average molecular weight is 261 g/mol. The predicted octanol–water partition coefficient (Wildman–Crippen LogP) is 0.576. The van der Waals surface area contributed by atoms with E-state index in [9.17, 15) is 9.59 Å². The summed E-state index contributed by atoms with van der Waals surface area (Å²) in [5.74, 6) is 0.355. The van der Waals surface area contributed by atoms with E-state index in [1.54, 1.807) is 7.05 Å². The first-order valence-electron chi connectivity index (χ1n) is 6.21. The summed E-state index contributed by atoms with van der Waals surface area (Å²) < 4.78 is 0. The lowest BCUT2D eigenvalue weighted by Crippen LogP contribution is -2.27. The molecule has 0 unspecified atom stereocenters. The highest BCUT2D eigenvalue weighted by atomic mass is 16.2. The number of imidazole rings is 1. The van der Waals surface area contributed by atoms with Gasteiger partial charge in [0.2, 0.25) is 0 Å². The number of aromatic nitrogens is 4. The monoisotopic (exact) mass is 261 g/mol. The normalized spacial score (nSPS) is 14.6. The second-order valence-corrected chi connectivity index (χ2v) is 4.91. The molecule has 2 aromatic rings. The van der Waals surface area contributed by atoms with Crippen LogP contribution in [0.3, 0.4) is 0 Å². The molecule has 0 radical (unpaired) electrons. The van der Waals surface area contributed by atoms with Gasteiger partial charge in [-0.05, 0) is 18.9 Å². The molecule has 0 aliphatic heterocycles. The molecule has 1 fully saturated rings. The first kappa shape index (κ1) is 11.8. The van der Waals surface area contributed by atoms with Gasteiger partial charge in [-0.2, -0.15) is 5.10 Å². The molecule has 7 heteroatoms. The molecule has 0 atom stereocenters. The first-order chi connectivity index (χ1) is 9.13. The van der Waals surface area contributed by atoms with E-state index >= 15 is 0 Å². The minimum atomic E-state index is -0.380. The van der Waals surface area contributed by atoms with E-state index in [-0.39, 0.29) is 17.3 Å². The molecule has 100 valence electrons. The third kappa shape index (κ3) is 2.44. The maximum atomic E-state index is 12.0. The predicted molar refractivity (Wildman–Crippen MR) is 67.8 cm³/mol. The Morgan fingerprint density at radius 2 is 2.32 bits per heavy atom. The summed E-state index contributed by atoms with van der Waals surface area (Å²) in [6, 6.07) is 2.00. The number of hydrogen-bond acceptors (Lipinski definition) is 3. The summed E-state index contributed by atoms with van der Waals surface area (Å²) >= 11 is 0. The standard InChI is InChI=1S/C12H15N5O2/c1-17(11(18)10-5-13-12(19)14-10)6-8-4-9(16-15-8)7-2-3-7/h4-5,7H,2-3,6H2,1H3,(H,15,16)(H2,13,14,19). The number of hydrogen-bond donors (Lipinski definition) is 3. The van der Waals surface area contributed by atoms with Crippen LogP contribution in [0.1, 0.15) is 40.6 Å². The van der Waals surface area contributed by atoms with Crippen molar-refractivity contribution in [3.8, 4) is 0 Å². The summed E-state index contributed by atoms with van der Waals surface area (Å²) in [6.45, 7) is 0.436. The van der Waals surface area contributed by atoms with Gasteiger partial charge in [0.05, 0.1) is 17.9 Å². The van der Waals surface area contributed by atoms with Crippen molar-refractivity contribution in [1.82, 2.24) is 25.1 Å². The van der Waals surface area contributed by atoms with Crippen LogP contribution in [0.4, 0.5) is 0 Å². The number of aromatic amines is 3. The van der Waals surface area contributed by atoms with Crippen LogP contribution in [0.25, 0.3) is 0 Å². The zero-order valence-electron chi connectivity index (χ0n) is 10.6. The van der Waals surface area contributed by atoms with Crippen molar-refractivity contribution in [2.75, 3.05) is 7.05 Å². The number of rotatable bonds is 4. The van der Waals surface area contributed by atoms with Crippen LogP contribution in [0.15, 0.2) is 17.1 Å². The van der Waals surface area contributed by atoms with Gasteiger partial charge in [0.25, 0.3) is 5.91 Å². The van der Waals surface area contributed by atoms with Crippen LogP contribution in [0.2, 0.25) is 0 Å². The fraction of sp³-hybridized carbons (Fsp3) is 0.417. The summed E-state index contributed by atoms with van der Waals surface area (Å²) in [7, 11) is 1.69. The Morgan fingerprint density at radius 3 is 2.95 bits per heavy atom. The Balaban J connectivity index is 1.67. The van der Waals surface area contributed by atoms with Gasteiger partial charge < -0.3 is 14.9 Å². The Labute approximate surface area is 109 Å². The molecule has 1 saturated carbocycles. The Bertz CT molecular complexity index is 649. The van der Waals surface area contributed by atoms with Crippen molar-refractivity contribution in [1.29, 1.82) is 0 Å². The highest BCUT2D eigenvalue weighted by Gasteiger charge is 2.26. The molecule has 0 aromatic carbocycles. The molecule has 19 heavy (non-hydrogen) atoms. The third-order valence-electron chi connectivity index (χ3n) is 3.23. The van der Waals surface area contributed by atoms with Gasteiger partial charge >= 0.3 is 5.69 Å². The lowest BCUT2D eigenvalue weighted by atomic mass is 10.2. The molecule has 7 nitrogen and oxygen atoms in total. The molecule has 2 heterocycles. The van der Waals surface area contributed by atoms with E-state index < -0.39 is 0 Å². The van der Waals surface area contributed by atoms with Crippen molar-refractivity contribution >= 4 is 5.91 Å². The molecular weight excluding hydrogens is 246 g/mol. The van der Waals surface area contributed by atoms with Crippen LogP contribution in [0.5, 0.6) is 0 Å². The largest absolute Gasteiger partial charge is 0.335 e. The highest BCUT2D eigenvalue weighted by Crippen LogP contribution is 2.39. The smallest absolute Gasteiger partial charge is 0.323 e. The van der Waals surface area contributed by atoms with Gasteiger partial charge in [-0.3, -0.25) is 9.89 Å². The number of carbonyl (C=O) groups is 1. The van der Waals surface area contributed by atoms with Gasteiger partial charge in [0, 0.05) is 19.2 Å². The molecule has 3 N–H and O–H groups in total. The van der Waals surface area contributed by atoms with Crippen LogP contribution < -0.4 is 5.69 Å². The van der Waals surface area contributed by atoms with Gasteiger partial charge in [0.15, 0.2) is 0 Å². The van der Waals surface area contributed by atoms with Gasteiger partial charge in [-0.25, -0.2) is 4.79 Å². The van der Waals surface area contributed by atoms with Gasteiger partial charge in [-0.15, -0.1) is 0 Å². The first-order valence-corrected chi connectivity index (χ1v) is 6.21. The quantitative estimate of drug-likeness (QED) is 0.750. The Kier molecular flexibility index (Phi) is 2.73. The van der Waals surface area contributed by atoms with Crippen molar-refractivity contribution in [2.45, 2.75) is 25.3 Å². The van der Waals surface area contributed by atoms with Crippen molar-refractivity contribution < 1.29 is 4.79 Å². The molecular formula is C12H15N5O2. The van der Waals surface area contributed by atoms with E-state index in [2.05, 4.69) is 20.2 Å². The van der Waals surface area contributed by atoms with E-state index in [1.807, 2.05) is 6.07 Å². The van der Waals surface area contributed by atoms with Crippen LogP contribution in [-0.2, 0) is 6.54 Å². The molecule has 2 aromatic heterocycles. The van der Waals surface area contributed by atoms with Crippen molar-refractivity contribution in [3.05, 3.63) is 39.8 Å². The zero-order valence-corrected chi connectivity index (χ0v) is 10.6. The lowest BCUT2D eigenvalue weighted by Gasteiger charge is -2.14. The third-order valence-corrected chi connectivity index (χ3v) is 3.23. The summed E-state index contributed by atoms with van der Waals surface area (Å²) in [5.41, 5.74) is 1.85. The minimum Gasteiger partial charge on any atom is -0.335 e. The molecule has 1 aliphatic rings. The van der Waals surface area contributed by atoms with E-state index in [0.717, 1.165) is 11.4 Å². The number of nitrogens with one attached hydrogen (secondary N) is 3. The summed E-state index contributed by atoms with van der Waals surface area (Å²) in [5, 5.41) is 7.19. The second-order valence-electron chi connectivity index (χ2n) is 4.91. The van der Waals surface area contributed by atoms with E-state index in [0.29, 0.717) is 12.5 Å². The average Bonchev–Trinajstić information content (AvgIpc) is 2.99. The lowest BCUT2D eigenvalue weighted by molar-refractivity contribution is 0.0778. The number of amides is 1. The van der Waals surface area contributed by atoms with E-state index in [4.69, 9.17) is 0 Å². The summed E-state index contributed by atoms with van der Waals surface area (Å²) in [6.07, 6.45) is 3.77. The Morgan fingerprint density at radius 1 is 1.53 bits per heavy atom. The van der Waals surface area contributed by atoms with Crippen LogP contribution in [0, 0.1) is 0 Å². The Hall–Kier alpha value is -2.31.